The Balaban J connectivity index is 1.50. The van der Waals surface area contributed by atoms with Gasteiger partial charge < -0.3 is 19.9 Å². The molecule has 0 amide bonds. The minimum Gasteiger partial charge on any atom is -0.491 e. The third-order valence-corrected chi connectivity index (χ3v) is 5.94. The SMILES string of the molecule is CCOc1cncc(Nc2c(-c3ccc(OC[C@H]4CCCC[C@@H]4C(=O)O)c(C)n3)nnn2C)n1. The van der Waals surface area contributed by atoms with Gasteiger partial charge in [-0.15, -0.1) is 5.10 Å². The van der Waals surface area contributed by atoms with Crippen LogP contribution in [-0.2, 0) is 11.8 Å². The zero-order valence-electron chi connectivity index (χ0n) is 19.6. The van der Waals surface area contributed by atoms with Gasteiger partial charge in [-0.05, 0) is 38.8 Å². The molecule has 0 spiro atoms. The Kier molecular flexibility index (Phi) is 7.19. The van der Waals surface area contributed by atoms with Crippen LogP contribution in [0.1, 0.15) is 38.3 Å². The van der Waals surface area contributed by atoms with Crippen LogP contribution in [0.5, 0.6) is 11.6 Å². The van der Waals surface area contributed by atoms with Gasteiger partial charge in [-0.3, -0.25) is 9.78 Å². The molecule has 2 N–H and O–H groups in total. The smallest absolute Gasteiger partial charge is 0.306 e. The van der Waals surface area contributed by atoms with Crippen molar-refractivity contribution in [2.75, 3.05) is 18.5 Å². The molecule has 1 aliphatic rings. The van der Waals surface area contributed by atoms with Crippen molar-refractivity contribution in [3.05, 3.63) is 30.2 Å². The monoisotopic (exact) mass is 467 g/mol. The predicted octanol–water partition coefficient (Wildman–Crippen LogP) is 3.39. The van der Waals surface area contributed by atoms with Crippen LogP contribution in [0.2, 0.25) is 0 Å². The van der Waals surface area contributed by atoms with E-state index in [-0.39, 0.29) is 11.8 Å². The van der Waals surface area contributed by atoms with Crippen LogP contribution in [0.3, 0.4) is 0 Å². The number of ether oxygens (including phenoxy) is 2. The Bertz CT molecular complexity index is 1150. The zero-order chi connectivity index (χ0) is 24.1. The Hall–Kier alpha value is -3.76. The van der Waals surface area contributed by atoms with E-state index in [0.717, 1.165) is 19.3 Å². The third kappa shape index (κ3) is 5.24. The van der Waals surface area contributed by atoms with E-state index in [1.165, 1.54) is 0 Å². The number of aryl methyl sites for hydroxylation is 2. The number of carbonyl (C=O) groups is 1. The van der Waals surface area contributed by atoms with E-state index < -0.39 is 5.97 Å². The van der Waals surface area contributed by atoms with Crippen LogP contribution in [0.25, 0.3) is 11.4 Å². The van der Waals surface area contributed by atoms with E-state index in [2.05, 4.69) is 30.6 Å². The average Bonchev–Trinajstić information content (AvgIpc) is 3.19. The molecule has 11 heteroatoms. The van der Waals surface area contributed by atoms with E-state index in [4.69, 9.17) is 9.47 Å². The van der Waals surface area contributed by atoms with Crippen molar-refractivity contribution in [3.63, 3.8) is 0 Å². The summed E-state index contributed by atoms with van der Waals surface area (Å²) in [6, 6.07) is 3.65. The molecule has 180 valence electrons. The number of carboxylic acid groups (broad SMARTS) is 1. The summed E-state index contributed by atoms with van der Waals surface area (Å²) in [5.74, 6) is 1.07. The van der Waals surface area contributed by atoms with Gasteiger partial charge in [0.05, 0.1) is 42.9 Å². The molecule has 2 atom stereocenters. The van der Waals surface area contributed by atoms with Crippen LogP contribution in [0, 0.1) is 18.8 Å². The van der Waals surface area contributed by atoms with Gasteiger partial charge in [0, 0.05) is 13.0 Å². The second-order valence-electron chi connectivity index (χ2n) is 8.29. The summed E-state index contributed by atoms with van der Waals surface area (Å²) in [5.41, 5.74) is 1.87. The van der Waals surface area contributed by atoms with Crippen molar-refractivity contribution in [1.82, 2.24) is 29.9 Å². The summed E-state index contributed by atoms with van der Waals surface area (Å²) >= 11 is 0. The number of carboxylic acids is 1. The lowest BCUT2D eigenvalue weighted by Gasteiger charge is -2.28. The van der Waals surface area contributed by atoms with Gasteiger partial charge in [0.1, 0.15) is 5.75 Å². The average molecular weight is 468 g/mol. The fourth-order valence-electron chi connectivity index (χ4n) is 4.18. The number of pyridine rings is 1. The maximum Gasteiger partial charge on any atom is 0.306 e. The predicted molar refractivity (Wildman–Crippen MR) is 124 cm³/mol. The molecule has 0 aromatic carbocycles. The Labute approximate surface area is 197 Å². The number of nitrogens with zero attached hydrogens (tertiary/aromatic N) is 6. The molecular formula is C23H29N7O4. The maximum atomic E-state index is 11.6. The van der Waals surface area contributed by atoms with Gasteiger partial charge in [-0.2, -0.15) is 4.98 Å². The molecule has 4 rings (SSSR count). The van der Waals surface area contributed by atoms with Crippen molar-refractivity contribution in [3.8, 4) is 23.0 Å². The Morgan fingerprint density at radius 2 is 2.03 bits per heavy atom. The number of rotatable bonds is 9. The van der Waals surface area contributed by atoms with Gasteiger partial charge in [-0.1, -0.05) is 18.1 Å². The zero-order valence-corrected chi connectivity index (χ0v) is 19.6. The maximum absolute atomic E-state index is 11.6. The second kappa shape index (κ2) is 10.4. The molecule has 1 aliphatic carbocycles. The highest BCUT2D eigenvalue weighted by Crippen LogP contribution is 2.32. The molecule has 3 aromatic rings. The number of nitrogens with one attached hydrogen (secondary N) is 1. The second-order valence-corrected chi connectivity index (χ2v) is 8.29. The number of hydrogen-bond donors (Lipinski definition) is 2. The first-order valence-corrected chi connectivity index (χ1v) is 11.4. The van der Waals surface area contributed by atoms with Crippen LogP contribution in [-0.4, -0.2) is 54.2 Å². The van der Waals surface area contributed by atoms with Crippen molar-refractivity contribution in [1.29, 1.82) is 0 Å². The van der Waals surface area contributed by atoms with E-state index >= 15 is 0 Å². The molecule has 11 nitrogen and oxygen atoms in total. The topological polar surface area (TPSA) is 137 Å². The molecule has 3 heterocycles. The van der Waals surface area contributed by atoms with Crippen LogP contribution < -0.4 is 14.8 Å². The summed E-state index contributed by atoms with van der Waals surface area (Å²) in [4.78, 5) is 24.8. The lowest BCUT2D eigenvalue weighted by atomic mass is 9.80. The highest BCUT2D eigenvalue weighted by atomic mass is 16.5. The molecular weight excluding hydrogens is 438 g/mol. The molecule has 3 aromatic heterocycles. The van der Waals surface area contributed by atoms with Crippen LogP contribution >= 0.6 is 0 Å². The van der Waals surface area contributed by atoms with E-state index in [0.29, 0.717) is 60.0 Å². The summed E-state index contributed by atoms with van der Waals surface area (Å²) in [6.07, 6.45) is 6.70. The third-order valence-electron chi connectivity index (χ3n) is 5.94. The van der Waals surface area contributed by atoms with Crippen LogP contribution in [0.4, 0.5) is 11.6 Å². The summed E-state index contributed by atoms with van der Waals surface area (Å²) in [7, 11) is 1.77. The first kappa shape index (κ1) is 23.4. The minimum atomic E-state index is -0.738. The first-order valence-electron chi connectivity index (χ1n) is 11.4. The molecule has 0 unspecified atom stereocenters. The highest BCUT2D eigenvalue weighted by Gasteiger charge is 2.31. The lowest BCUT2D eigenvalue weighted by Crippen LogP contribution is -2.31. The molecule has 1 saturated carbocycles. The summed E-state index contributed by atoms with van der Waals surface area (Å²) in [6.45, 7) is 4.60. The standard InChI is InChI=1S/C23H29N7O4/c1-4-33-20-12-24-11-19(26-20)27-22-21(28-29-30(22)3)17-9-10-18(14(2)25-17)34-13-15-7-5-6-8-16(15)23(31)32/h9-12,15-16H,4-8,13H2,1-3H3,(H,26,27)(H,31,32)/t15-,16+/m1/s1. The first-order chi connectivity index (χ1) is 16.5. The molecule has 0 bridgehead atoms. The lowest BCUT2D eigenvalue weighted by molar-refractivity contribution is -0.145. The van der Waals surface area contributed by atoms with Gasteiger partial charge in [0.25, 0.3) is 0 Å². The number of aliphatic carboxylic acids is 1. The number of aromatic nitrogens is 6. The molecule has 34 heavy (non-hydrogen) atoms. The Morgan fingerprint density at radius 3 is 2.79 bits per heavy atom. The quantitative estimate of drug-likeness (QED) is 0.482. The van der Waals surface area contributed by atoms with E-state index in [1.54, 1.807) is 24.1 Å². The normalized spacial score (nSPS) is 17.9. The Morgan fingerprint density at radius 1 is 1.21 bits per heavy atom. The van der Waals surface area contributed by atoms with Gasteiger partial charge in [-0.25, -0.2) is 9.67 Å². The minimum absolute atomic E-state index is 0.00896. The van der Waals surface area contributed by atoms with Crippen molar-refractivity contribution in [2.24, 2.45) is 18.9 Å². The van der Waals surface area contributed by atoms with E-state index in [9.17, 15) is 9.90 Å². The van der Waals surface area contributed by atoms with Gasteiger partial charge >= 0.3 is 5.97 Å². The van der Waals surface area contributed by atoms with Gasteiger partial charge in [0.15, 0.2) is 17.3 Å². The molecule has 1 fully saturated rings. The molecule has 0 saturated heterocycles. The van der Waals surface area contributed by atoms with Crippen molar-refractivity contribution in [2.45, 2.75) is 39.5 Å². The van der Waals surface area contributed by atoms with Crippen molar-refractivity contribution < 1.29 is 19.4 Å². The molecule has 0 aliphatic heterocycles. The van der Waals surface area contributed by atoms with Crippen LogP contribution in [0.15, 0.2) is 24.5 Å². The molecule has 0 radical (unpaired) electrons. The fourth-order valence-corrected chi connectivity index (χ4v) is 4.18. The largest absolute Gasteiger partial charge is 0.491 e. The summed E-state index contributed by atoms with van der Waals surface area (Å²) < 4.78 is 13.0. The number of anilines is 2. The van der Waals surface area contributed by atoms with Crippen molar-refractivity contribution >= 4 is 17.6 Å². The fraction of sp³-hybridized carbons (Fsp3) is 0.478. The highest BCUT2D eigenvalue weighted by molar-refractivity contribution is 5.72. The summed E-state index contributed by atoms with van der Waals surface area (Å²) in [5, 5.41) is 21.1. The number of hydrogen-bond acceptors (Lipinski definition) is 9. The van der Waals surface area contributed by atoms with E-state index in [1.807, 2.05) is 26.0 Å². The van der Waals surface area contributed by atoms with Gasteiger partial charge in [0.2, 0.25) is 5.88 Å².